The van der Waals surface area contributed by atoms with E-state index in [-0.39, 0.29) is 21.7 Å². The Balaban J connectivity index is 0.000000214. The molecule has 4 aromatic carbocycles. The fraction of sp³-hybridized carbons (Fsp3) is 0.538. The Labute approximate surface area is 339 Å². The molecule has 2 fully saturated rings. The number of benzene rings is 4. The lowest BCUT2D eigenvalue weighted by Gasteiger charge is -2.37. The molecule has 0 radical (unpaired) electrons. The van der Waals surface area contributed by atoms with Crippen LogP contribution >= 0.6 is 0 Å². The minimum absolute atomic E-state index is 0.00943. The first-order chi connectivity index (χ1) is 25.9. The molecule has 4 N–H and O–H groups in total. The second kappa shape index (κ2) is 16.5. The van der Waals surface area contributed by atoms with Crippen molar-refractivity contribution in [3.05, 3.63) is 117 Å². The van der Waals surface area contributed by atoms with Crippen molar-refractivity contribution in [2.24, 2.45) is 0 Å². The third-order valence-electron chi connectivity index (χ3n) is 12.6. The molecule has 0 atom stereocenters. The molecular weight excluding hydrogens is 689 g/mol. The summed E-state index contributed by atoms with van der Waals surface area (Å²) in [7, 11) is 0. The summed E-state index contributed by atoms with van der Waals surface area (Å²) in [4.78, 5) is 0. The number of rotatable bonds is 4. The summed E-state index contributed by atoms with van der Waals surface area (Å²) in [6.45, 7) is 26.6. The molecule has 0 spiro atoms. The van der Waals surface area contributed by atoms with Crippen molar-refractivity contribution < 1.29 is 20.4 Å². The molecule has 0 saturated heterocycles. The highest BCUT2D eigenvalue weighted by Gasteiger charge is 2.35. The zero-order valence-electron chi connectivity index (χ0n) is 36.7. The fourth-order valence-electron chi connectivity index (χ4n) is 9.68. The Morgan fingerprint density at radius 3 is 1.11 bits per heavy atom. The van der Waals surface area contributed by atoms with E-state index in [1.54, 1.807) is 24.3 Å². The Morgan fingerprint density at radius 1 is 0.357 bits per heavy atom. The fourth-order valence-corrected chi connectivity index (χ4v) is 9.68. The van der Waals surface area contributed by atoms with Crippen LogP contribution in [0.2, 0.25) is 0 Å². The monoisotopic (exact) mass is 761 g/mol. The van der Waals surface area contributed by atoms with Gasteiger partial charge in [-0.2, -0.15) is 0 Å². The number of phenolic OH excluding ortho intramolecular Hbond substituents is 4. The quantitative estimate of drug-likeness (QED) is 0.167. The van der Waals surface area contributed by atoms with E-state index in [1.807, 2.05) is 12.1 Å². The summed E-state index contributed by atoms with van der Waals surface area (Å²) >= 11 is 0. The molecule has 0 unspecified atom stereocenters. The largest absolute Gasteiger partial charge is 0.508 e. The Morgan fingerprint density at radius 2 is 0.732 bits per heavy atom. The molecule has 2 saturated carbocycles. The molecule has 0 aliphatic heterocycles. The molecule has 2 aliphatic rings. The molecule has 304 valence electrons. The van der Waals surface area contributed by atoms with Gasteiger partial charge in [0.2, 0.25) is 0 Å². The van der Waals surface area contributed by atoms with Crippen molar-refractivity contribution in [3.8, 4) is 23.0 Å². The predicted octanol–water partition coefficient (Wildman–Crippen LogP) is 14.3. The highest BCUT2D eigenvalue weighted by Crippen LogP contribution is 2.49. The molecule has 4 heteroatoms. The molecule has 0 amide bonds. The summed E-state index contributed by atoms with van der Waals surface area (Å²) in [5.74, 6) is 3.78. The lowest BCUT2D eigenvalue weighted by Crippen LogP contribution is -2.26. The number of phenols is 4. The highest BCUT2D eigenvalue weighted by atomic mass is 16.3. The first-order valence-electron chi connectivity index (χ1n) is 21.3. The third-order valence-corrected chi connectivity index (χ3v) is 12.6. The van der Waals surface area contributed by atoms with Gasteiger partial charge < -0.3 is 20.4 Å². The van der Waals surface area contributed by atoms with Crippen LogP contribution in [0.4, 0.5) is 0 Å². The Bertz CT molecular complexity index is 1840. The van der Waals surface area contributed by atoms with Crippen molar-refractivity contribution in [1.29, 1.82) is 0 Å². The van der Waals surface area contributed by atoms with Gasteiger partial charge >= 0.3 is 0 Å². The zero-order chi connectivity index (χ0) is 41.4. The molecule has 0 aromatic heterocycles. The van der Waals surface area contributed by atoms with Crippen LogP contribution in [-0.4, -0.2) is 20.4 Å². The van der Waals surface area contributed by atoms with Crippen LogP contribution in [0.25, 0.3) is 0 Å². The van der Waals surface area contributed by atoms with Gasteiger partial charge in [0.05, 0.1) is 0 Å². The topological polar surface area (TPSA) is 80.9 Å². The molecule has 6 rings (SSSR count). The van der Waals surface area contributed by atoms with Crippen LogP contribution in [0, 0.1) is 0 Å². The molecular formula is C52H72O4. The summed E-state index contributed by atoms with van der Waals surface area (Å²) in [5.41, 5.74) is 10.2. The van der Waals surface area contributed by atoms with Gasteiger partial charge in [0.25, 0.3) is 0 Å². The summed E-state index contributed by atoms with van der Waals surface area (Å²) in [6, 6.07) is 23.9. The molecule has 0 heterocycles. The van der Waals surface area contributed by atoms with Gasteiger partial charge in [-0.25, -0.2) is 0 Å². The van der Waals surface area contributed by atoms with Crippen LogP contribution in [0.3, 0.4) is 0 Å². The van der Waals surface area contributed by atoms with E-state index < -0.39 is 0 Å². The Kier molecular flexibility index (Phi) is 12.7. The van der Waals surface area contributed by atoms with Gasteiger partial charge in [0, 0.05) is 5.56 Å². The van der Waals surface area contributed by atoms with Gasteiger partial charge in [0.15, 0.2) is 0 Å². The van der Waals surface area contributed by atoms with Gasteiger partial charge in [-0.05, 0) is 172 Å². The second-order valence-corrected chi connectivity index (χ2v) is 21.2. The van der Waals surface area contributed by atoms with Crippen molar-refractivity contribution in [2.45, 2.75) is 180 Å². The van der Waals surface area contributed by atoms with Crippen molar-refractivity contribution >= 4 is 0 Å². The maximum Gasteiger partial charge on any atom is 0.119 e. The molecule has 0 bridgehead atoms. The van der Waals surface area contributed by atoms with Crippen molar-refractivity contribution in [1.82, 2.24) is 0 Å². The van der Waals surface area contributed by atoms with Crippen LogP contribution in [0.15, 0.2) is 72.8 Å². The number of hydrogen-bond donors (Lipinski definition) is 4. The first-order valence-corrected chi connectivity index (χ1v) is 21.3. The maximum atomic E-state index is 10.7. The van der Waals surface area contributed by atoms with Gasteiger partial charge in [-0.15, -0.1) is 0 Å². The van der Waals surface area contributed by atoms with Crippen LogP contribution in [0.5, 0.6) is 23.0 Å². The van der Waals surface area contributed by atoms with E-state index in [0.29, 0.717) is 46.7 Å². The Hall–Kier alpha value is -3.92. The second-order valence-electron chi connectivity index (χ2n) is 21.2. The summed E-state index contributed by atoms with van der Waals surface area (Å²) in [5, 5.41) is 40.5. The smallest absolute Gasteiger partial charge is 0.119 e. The van der Waals surface area contributed by atoms with Gasteiger partial charge in [-0.1, -0.05) is 119 Å². The number of aromatic hydroxyl groups is 4. The predicted molar refractivity (Wildman–Crippen MR) is 235 cm³/mol. The first kappa shape index (κ1) is 43.2. The molecule has 2 aliphatic carbocycles. The zero-order valence-corrected chi connectivity index (χ0v) is 36.7. The average molecular weight is 761 g/mol. The number of hydrogen-bond acceptors (Lipinski definition) is 4. The maximum absolute atomic E-state index is 10.7. The average Bonchev–Trinajstić information content (AvgIpc) is 3.11. The van der Waals surface area contributed by atoms with Crippen LogP contribution < -0.4 is 0 Å². The summed E-state index contributed by atoms with van der Waals surface area (Å²) < 4.78 is 0. The van der Waals surface area contributed by atoms with Crippen molar-refractivity contribution in [2.75, 3.05) is 0 Å². The van der Waals surface area contributed by atoms with E-state index in [9.17, 15) is 20.4 Å². The SMILES string of the molecule is CC(C)(C)c1c(O)ccc(C2CCC(c3ccc(O)cc3)CC2)c1C(C)(C)C.CC(C)(C)c1cc(C2CCC(c3ccc(O)cc3)CC2)c(C(C)(C)C)cc1O. The lowest BCUT2D eigenvalue weighted by atomic mass is 9.68. The van der Waals surface area contributed by atoms with E-state index in [4.69, 9.17) is 0 Å². The standard InChI is InChI=1S/2C26H36O2/c1-25(2,3)22-16-24(28)23(26(4,5)6)15-21(22)19-9-7-17(8-10-19)18-11-13-20(27)14-12-18;1-25(2,3)23-21(15-16-22(28)24(23)26(4,5)6)19-9-7-17(8-10-19)18-11-13-20(27)14-12-18/h2*11-17,19,27-28H,7-10H2,1-6H3. The lowest BCUT2D eigenvalue weighted by molar-refractivity contribution is 0.385. The highest BCUT2D eigenvalue weighted by molar-refractivity contribution is 5.53. The molecule has 56 heavy (non-hydrogen) atoms. The van der Waals surface area contributed by atoms with Crippen LogP contribution in [0.1, 0.15) is 203 Å². The third kappa shape index (κ3) is 10.1. The van der Waals surface area contributed by atoms with E-state index in [1.165, 1.54) is 84.7 Å². The van der Waals surface area contributed by atoms with Gasteiger partial charge in [-0.3, -0.25) is 0 Å². The van der Waals surface area contributed by atoms with Gasteiger partial charge in [0.1, 0.15) is 23.0 Å². The molecule has 4 aromatic rings. The minimum Gasteiger partial charge on any atom is -0.508 e. The van der Waals surface area contributed by atoms with E-state index in [2.05, 4.69) is 119 Å². The van der Waals surface area contributed by atoms with E-state index >= 15 is 0 Å². The van der Waals surface area contributed by atoms with E-state index in [0.717, 1.165) is 11.1 Å². The summed E-state index contributed by atoms with van der Waals surface area (Å²) in [6.07, 6.45) is 9.36. The minimum atomic E-state index is -0.0913. The molecule has 4 nitrogen and oxygen atoms in total. The van der Waals surface area contributed by atoms with Crippen molar-refractivity contribution in [3.63, 3.8) is 0 Å². The normalized spacial score (nSPS) is 20.9. The van der Waals surface area contributed by atoms with Crippen LogP contribution in [-0.2, 0) is 21.7 Å².